The van der Waals surface area contributed by atoms with Crippen molar-refractivity contribution in [2.75, 3.05) is 11.9 Å². The lowest BCUT2D eigenvalue weighted by Gasteiger charge is -1.94. The van der Waals surface area contributed by atoms with Gasteiger partial charge in [0.1, 0.15) is 0 Å². The van der Waals surface area contributed by atoms with E-state index >= 15 is 0 Å². The lowest BCUT2D eigenvalue weighted by Crippen LogP contribution is -2.08. The van der Waals surface area contributed by atoms with Crippen LogP contribution in [0.1, 0.15) is 5.56 Å². The van der Waals surface area contributed by atoms with Crippen molar-refractivity contribution in [3.8, 4) is 0 Å². The lowest BCUT2D eigenvalue weighted by atomic mass is 10.2. The fourth-order valence-electron chi connectivity index (χ4n) is 1.24. The lowest BCUT2D eigenvalue weighted by molar-refractivity contribution is 0.485. The molecule has 0 unspecified atom stereocenters. The Morgan fingerprint density at radius 3 is 2.50 bits per heavy atom. The highest BCUT2D eigenvalue weighted by molar-refractivity contribution is 7.83. The van der Waals surface area contributed by atoms with Crippen LogP contribution in [-0.4, -0.2) is 19.5 Å². The summed E-state index contributed by atoms with van der Waals surface area (Å²) in [6.07, 6.45) is 1.19. The molecule has 0 saturated carbocycles. The molecule has 1 aromatic rings. The van der Waals surface area contributed by atoms with E-state index in [2.05, 4.69) is 34.7 Å². The van der Waals surface area contributed by atoms with Crippen LogP contribution in [0.5, 0.6) is 0 Å². The highest BCUT2D eigenvalue weighted by Gasteiger charge is 2.05. The first-order valence-corrected chi connectivity index (χ1v) is 5.54. The van der Waals surface area contributed by atoms with Crippen LogP contribution in [0.2, 0.25) is 0 Å². The number of nitrogens with one attached hydrogen (secondary N) is 1. The molecule has 14 heavy (non-hydrogen) atoms. The van der Waals surface area contributed by atoms with Gasteiger partial charge in [-0.05, 0) is 18.1 Å². The van der Waals surface area contributed by atoms with E-state index in [-0.39, 0.29) is 0 Å². The molecule has 6 heteroatoms. The van der Waals surface area contributed by atoms with E-state index in [1.807, 2.05) is 0 Å². The van der Waals surface area contributed by atoms with Crippen molar-refractivity contribution in [1.82, 2.24) is 0 Å². The summed E-state index contributed by atoms with van der Waals surface area (Å²) < 4.78 is 25.2. The minimum atomic E-state index is -4.17. The number of anilines is 1. The van der Waals surface area contributed by atoms with Gasteiger partial charge in [0, 0.05) is 12.2 Å². The van der Waals surface area contributed by atoms with Crippen LogP contribution in [0.25, 0.3) is 0 Å². The third kappa shape index (κ3) is 4.22. The SMILES string of the molecule is NS(=O)(=O)O.c1ccc2c(c1)CCN2. The second-order valence-corrected chi connectivity index (χ2v) is 3.88. The Labute approximate surface area is 82.8 Å². The van der Waals surface area contributed by atoms with E-state index < -0.39 is 10.3 Å². The van der Waals surface area contributed by atoms with Gasteiger partial charge in [0.2, 0.25) is 0 Å². The van der Waals surface area contributed by atoms with Crippen molar-refractivity contribution in [3.63, 3.8) is 0 Å². The van der Waals surface area contributed by atoms with E-state index in [1.165, 1.54) is 17.7 Å². The number of hydrogen-bond acceptors (Lipinski definition) is 3. The van der Waals surface area contributed by atoms with E-state index in [0.29, 0.717) is 0 Å². The molecule has 78 valence electrons. The molecular weight excluding hydrogens is 204 g/mol. The smallest absolute Gasteiger partial charge is 0.330 e. The summed E-state index contributed by atoms with van der Waals surface area (Å²) in [5, 5.41) is 7.18. The highest BCUT2D eigenvalue weighted by Crippen LogP contribution is 2.19. The first kappa shape index (κ1) is 11.0. The fraction of sp³-hybridized carbons (Fsp3) is 0.250. The van der Waals surface area contributed by atoms with Gasteiger partial charge in [-0.1, -0.05) is 18.2 Å². The third-order valence-electron chi connectivity index (χ3n) is 1.73. The maximum atomic E-state index is 8.97. The van der Waals surface area contributed by atoms with Crippen molar-refractivity contribution < 1.29 is 13.0 Å². The molecule has 2 rings (SSSR count). The Bertz CT molecular complexity index is 372. The Hall–Kier alpha value is -1.11. The first-order chi connectivity index (χ1) is 6.47. The van der Waals surface area contributed by atoms with Gasteiger partial charge in [0.25, 0.3) is 0 Å². The second-order valence-electron chi connectivity index (χ2n) is 2.85. The van der Waals surface area contributed by atoms with Crippen LogP contribution in [0.3, 0.4) is 0 Å². The molecule has 1 aromatic carbocycles. The largest absolute Gasteiger partial charge is 0.384 e. The zero-order chi connectivity index (χ0) is 10.6. The summed E-state index contributed by atoms with van der Waals surface area (Å²) in [4.78, 5) is 0. The number of hydrogen-bond donors (Lipinski definition) is 3. The Kier molecular flexibility index (Phi) is 3.45. The maximum absolute atomic E-state index is 8.97. The Balaban J connectivity index is 0.000000171. The zero-order valence-electron chi connectivity index (χ0n) is 7.47. The van der Waals surface area contributed by atoms with Gasteiger partial charge in [-0.2, -0.15) is 8.42 Å². The van der Waals surface area contributed by atoms with Crippen molar-refractivity contribution in [2.45, 2.75) is 6.42 Å². The van der Waals surface area contributed by atoms with E-state index in [1.54, 1.807) is 0 Å². The predicted octanol–water partition coefficient (Wildman–Crippen LogP) is 0.403. The van der Waals surface area contributed by atoms with Gasteiger partial charge >= 0.3 is 10.3 Å². The molecule has 0 atom stereocenters. The summed E-state index contributed by atoms with van der Waals surface area (Å²) >= 11 is 0. The number of fused-ring (bicyclic) bond motifs is 1. The molecule has 5 nitrogen and oxygen atoms in total. The third-order valence-corrected chi connectivity index (χ3v) is 1.73. The molecule has 1 aliphatic heterocycles. The summed E-state index contributed by atoms with van der Waals surface area (Å²) in [7, 11) is -4.17. The van der Waals surface area contributed by atoms with Gasteiger partial charge in [-0.3, -0.25) is 4.55 Å². The number of para-hydroxylation sites is 1. The minimum Gasteiger partial charge on any atom is -0.384 e. The van der Waals surface area contributed by atoms with Gasteiger partial charge in [-0.15, -0.1) is 0 Å². The van der Waals surface area contributed by atoms with Crippen LogP contribution in [0, 0.1) is 0 Å². The molecule has 0 bridgehead atoms. The molecule has 0 radical (unpaired) electrons. The van der Waals surface area contributed by atoms with E-state index in [9.17, 15) is 0 Å². The number of rotatable bonds is 0. The summed E-state index contributed by atoms with van der Waals surface area (Å²) in [5.41, 5.74) is 2.77. The molecule has 1 heterocycles. The van der Waals surface area contributed by atoms with Gasteiger partial charge in [0.05, 0.1) is 0 Å². The van der Waals surface area contributed by atoms with Crippen LogP contribution >= 0.6 is 0 Å². The van der Waals surface area contributed by atoms with Crippen LogP contribution in [0.4, 0.5) is 5.69 Å². The summed E-state index contributed by atoms with van der Waals surface area (Å²) in [5.74, 6) is 0. The van der Waals surface area contributed by atoms with Crippen molar-refractivity contribution in [1.29, 1.82) is 0 Å². The fourth-order valence-corrected chi connectivity index (χ4v) is 1.24. The average molecular weight is 216 g/mol. The van der Waals surface area contributed by atoms with E-state index in [4.69, 9.17) is 13.0 Å². The van der Waals surface area contributed by atoms with Crippen molar-refractivity contribution in [2.24, 2.45) is 5.14 Å². The Morgan fingerprint density at radius 1 is 1.36 bits per heavy atom. The molecule has 1 aliphatic rings. The van der Waals surface area contributed by atoms with Gasteiger partial charge in [0.15, 0.2) is 0 Å². The second kappa shape index (κ2) is 4.41. The molecule has 4 N–H and O–H groups in total. The average Bonchev–Trinajstić information content (AvgIpc) is 2.47. The molecule has 0 saturated heterocycles. The van der Waals surface area contributed by atoms with Crippen molar-refractivity contribution in [3.05, 3.63) is 29.8 Å². The van der Waals surface area contributed by atoms with Gasteiger partial charge in [-0.25, -0.2) is 5.14 Å². The molecular formula is C8H12N2O3S. The molecule has 0 fully saturated rings. The number of benzene rings is 1. The minimum absolute atomic E-state index is 1.11. The topological polar surface area (TPSA) is 92.4 Å². The maximum Gasteiger partial charge on any atom is 0.330 e. The van der Waals surface area contributed by atoms with Crippen LogP contribution < -0.4 is 10.5 Å². The first-order valence-electron chi connectivity index (χ1n) is 4.04. The predicted molar refractivity (Wildman–Crippen MR) is 54.4 cm³/mol. The standard InChI is InChI=1S/C8H9N.H3NO3S/c1-2-4-8-7(3-1)5-6-9-8;1-5(2,3)4/h1-4,9H,5-6H2;(H3,1,2,3,4). The quantitative estimate of drug-likeness (QED) is 0.547. The summed E-state index contributed by atoms with van der Waals surface area (Å²) in [6, 6.07) is 8.46. The van der Waals surface area contributed by atoms with Crippen molar-refractivity contribution >= 4 is 16.0 Å². The summed E-state index contributed by atoms with van der Waals surface area (Å²) in [6.45, 7) is 1.11. The zero-order valence-corrected chi connectivity index (χ0v) is 8.29. The van der Waals surface area contributed by atoms with Crippen LogP contribution in [-0.2, 0) is 16.7 Å². The highest BCUT2D eigenvalue weighted by atomic mass is 32.2. The monoisotopic (exact) mass is 216 g/mol. The normalized spacial score (nSPS) is 13.6. The molecule has 0 aromatic heterocycles. The van der Waals surface area contributed by atoms with Crippen LogP contribution in [0.15, 0.2) is 24.3 Å². The molecule has 0 amide bonds. The number of nitrogens with two attached hydrogens (primary N) is 1. The van der Waals surface area contributed by atoms with E-state index in [0.717, 1.165) is 6.54 Å². The van der Waals surface area contributed by atoms with Gasteiger partial charge < -0.3 is 5.32 Å². The molecule has 0 aliphatic carbocycles. The Morgan fingerprint density at radius 2 is 1.93 bits per heavy atom. The molecule has 0 spiro atoms.